The van der Waals surface area contributed by atoms with E-state index in [2.05, 4.69) is 30.2 Å². The summed E-state index contributed by atoms with van der Waals surface area (Å²) in [6.07, 6.45) is 8.67. The lowest BCUT2D eigenvalue weighted by atomic mass is 9.48. The molecule has 4 saturated carbocycles. The highest BCUT2D eigenvalue weighted by Crippen LogP contribution is 2.58. The van der Waals surface area contributed by atoms with Gasteiger partial charge in [0.25, 0.3) is 5.91 Å². The first-order chi connectivity index (χ1) is 26.5. The Morgan fingerprint density at radius 3 is 2.31 bits per heavy atom. The standard InChI is InChI=1S/C41H40F3N7O4/c1-23-21-45-12-7-34(23)51-22-32(30-4-3-29(20-35(30)51)55-28-8-13-50(14-9-28)39-46-10-2-11-47-39)33-6-5-31(36(48-33)41(42,43)44)37(52)49-40(38(53)54)26-16-24-15-25(18-26)19-27(40)17-24/h2-7,10-12,20-22,24-28H,8-9,13-19H2,1H3,(H,49,52)(H,53,54). The van der Waals surface area contributed by atoms with Crippen LogP contribution in [-0.4, -0.2) is 66.2 Å². The van der Waals surface area contributed by atoms with Crippen LogP contribution in [0.2, 0.25) is 0 Å². The molecule has 1 aliphatic heterocycles. The summed E-state index contributed by atoms with van der Waals surface area (Å²) < 4.78 is 52.9. The summed E-state index contributed by atoms with van der Waals surface area (Å²) in [6, 6.07) is 11.7. The number of hydrogen-bond acceptors (Lipinski definition) is 8. The summed E-state index contributed by atoms with van der Waals surface area (Å²) in [5, 5.41) is 13.8. The van der Waals surface area contributed by atoms with E-state index in [1.54, 1.807) is 37.1 Å². The number of hydrogen-bond donors (Lipinski definition) is 2. The van der Waals surface area contributed by atoms with E-state index in [0.29, 0.717) is 65.7 Å². The Balaban J connectivity index is 1.05. The van der Waals surface area contributed by atoms with Gasteiger partial charge in [-0.1, -0.05) is 0 Å². The molecule has 0 radical (unpaired) electrons. The first-order valence-corrected chi connectivity index (χ1v) is 18.9. The number of carboxylic acid groups (broad SMARTS) is 1. The van der Waals surface area contributed by atoms with Crippen LogP contribution in [0, 0.1) is 30.6 Å². The maximum atomic E-state index is 14.9. The predicted molar refractivity (Wildman–Crippen MR) is 197 cm³/mol. The van der Waals surface area contributed by atoms with Gasteiger partial charge in [0.05, 0.1) is 22.5 Å². The fourth-order valence-corrected chi connectivity index (χ4v) is 10.0. The van der Waals surface area contributed by atoms with Crippen LogP contribution >= 0.6 is 0 Å². The van der Waals surface area contributed by atoms with Crippen molar-refractivity contribution < 1.29 is 32.6 Å². The Labute approximate surface area is 315 Å². The molecular weight excluding hydrogens is 711 g/mol. The van der Waals surface area contributed by atoms with Gasteiger partial charge in [0, 0.05) is 73.9 Å². The van der Waals surface area contributed by atoms with Gasteiger partial charge in [-0.3, -0.25) is 9.78 Å². The number of rotatable bonds is 8. The maximum Gasteiger partial charge on any atom is 0.434 e. The normalized spacial score (nSPS) is 25.0. The summed E-state index contributed by atoms with van der Waals surface area (Å²) in [5.41, 5.74) is -0.892. The van der Waals surface area contributed by atoms with Crippen LogP contribution in [0.5, 0.6) is 5.75 Å². The Hall–Kier alpha value is -5.53. The highest BCUT2D eigenvalue weighted by molar-refractivity contribution is 6.01. The molecule has 1 aromatic carbocycles. The summed E-state index contributed by atoms with van der Waals surface area (Å²) >= 11 is 0. The van der Waals surface area contributed by atoms with Gasteiger partial charge in [-0.25, -0.2) is 19.7 Å². The third-order valence-corrected chi connectivity index (χ3v) is 12.4. The number of pyridine rings is 2. The molecule has 0 unspecified atom stereocenters. The van der Waals surface area contributed by atoms with E-state index in [1.807, 2.05) is 35.8 Å². The van der Waals surface area contributed by atoms with Gasteiger partial charge in [-0.2, -0.15) is 13.2 Å². The number of halogens is 3. The summed E-state index contributed by atoms with van der Waals surface area (Å²) in [4.78, 5) is 45.9. The predicted octanol–water partition coefficient (Wildman–Crippen LogP) is 7.26. The van der Waals surface area contributed by atoms with Gasteiger partial charge < -0.3 is 24.6 Å². The smallest absolute Gasteiger partial charge is 0.434 e. The molecule has 4 bridgehead atoms. The summed E-state index contributed by atoms with van der Waals surface area (Å²) in [5.74, 6) is -0.792. The van der Waals surface area contributed by atoms with Crippen molar-refractivity contribution >= 4 is 28.7 Å². The molecule has 2 N–H and O–H groups in total. The Bertz CT molecular complexity index is 2260. The number of amides is 1. The Morgan fingerprint density at radius 1 is 0.945 bits per heavy atom. The van der Waals surface area contributed by atoms with Crippen molar-refractivity contribution in [3.05, 3.63) is 90.3 Å². The topological polar surface area (TPSA) is 135 Å². The van der Waals surface area contributed by atoms with E-state index >= 15 is 0 Å². The van der Waals surface area contributed by atoms with Crippen molar-refractivity contribution in [2.75, 3.05) is 18.0 Å². The second kappa shape index (κ2) is 13.3. The molecule has 14 heteroatoms. The lowest BCUT2D eigenvalue weighted by Gasteiger charge is -2.59. The number of fused-ring (bicyclic) bond motifs is 1. The van der Waals surface area contributed by atoms with E-state index < -0.39 is 34.8 Å². The number of aryl methyl sites for hydroxylation is 1. The number of carbonyl (C=O) groups excluding carboxylic acids is 1. The van der Waals surface area contributed by atoms with Crippen LogP contribution in [0.1, 0.15) is 66.6 Å². The van der Waals surface area contributed by atoms with Gasteiger partial charge in [-0.15, -0.1) is 0 Å². The molecule has 284 valence electrons. The molecule has 0 spiro atoms. The molecule has 4 aromatic heterocycles. The average Bonchev–Trinajstić information content (AvgIpc) is 3.54. The van der Waals surface area contributed by atoms with Gasteiger partial charge >= 0.3 is 12.1 Å². The lowest BCUT2D eigenvalue weighted by Crippen LogP contribution is -2.70. The van der Waals surface area contributed by atoms with Gasteiger partial charge in [-0.05, 0) is 105 Å². The minimum absolute atomic E-state index is 0.0195. The number of carboxylic acids is 1. The number of anilines is 1. The Morgan fingerprint density at radius 2 is 1.65 bits per heavy atom. The van der Waals surface area contributed by atoms with Crippen LogP contribution in [0.25, 0.3) is 27.8 Å². The number of nitrogens with zero attached hydrogens (tertiary/aromatic N) is 6. The minimum atomic E-state index is -4.99. The number of carbonyl (C=O) groups is 2. The van der Waals surface area contributed by atoms with E-state index in [-0.39, 0.29) is 23.6 Å². The van der Waals surface area contributed by atoms with Gasteiger partial charge in [0.15, 0.2) is 5.69 Å². The third kappa shape index (κ3) is 6.15. The average molecular weight is 752 g/mol. The number of nitrogens with one attached hydrogen (secondary N) is 1. The molecule has 5 aromatic rings. The largest absolute Gasteiger partial charge is 0.490 e. The van der Waals surface area contributed by atoms with Crippen LogP contribution in [0.3, 0.4) is 0 Å². The fraction of sp³-hybridized carbons (Fsp3) is 0.415. The lowest BCUT2D eigenvalue weighted by molar-refractivity contribution is -0.163. The number of piperidine rings is 1. The van der Waals surface area contributed by atoms with Crippen LogP contribution in [0.4, 0.5) is 19.1 Å². The van der Waals surface area contributed by atoms with Crippen molar-refractivity contribution in [3.8, 4) is 22.7 Å². The third-order valence-electron chi connectivity index (χ3n) is 12.4. The van der Waals surface area contributed by atoms with Crippen LogP contribution < -0.4 is 15.0 Å². The minimum Gasteiger partial charge on any atom is -0.490 e. The van der Waals surface area contributed by atoms with Crippen molar-refractivity contribution in [1.29, 1.82) is 0 Å². The van der Waals surface area contributed by atoms with E-state index in [4.69, 9.17) is 4.74 Å². The summed E-state index contributed by atoms with van der Waals surface area (Å²) in [7, 11) is 0. The first kappa shape index (κ1) is 35.2. The molecule has 5 fully saturated rings. The molecule has 4 aliphatic carbocycles. The second-order valence-electron chi connectivity index (χ2n) is 15.6. The van der Waals surface area contributed by atoms with E-state index in [1.165, 1.54) is 6.07 Å². The summed E-state index contributed by atoms with van der Waals surface area (Å²) in [6.45, 7) is 3.36. The zero-order chi connectivity index (χ0) is 38.1. The van der Waals surface area contributed by atoms with E-state index in [9.17, 15) is 27.9 Å². The number of aliphatic carboxylic acids is 1. The number of aromatic nitrogens is 5. The van der Waals surface area contributed by atoms with Crippen molar-refractivity contribution in [2.24, 2.45) is 23.7 Å². The molecule has 5 aliphatic rings. The van der Waals surface area contributed by atoms with Crippen molar-refractivity contribution in [3.63, 3.8) is 0 Å². The molecule has 0 atom stereocenters. The zero-order valence-electron chi connectivity index (χ0n) is 30.2. The zero-order valence-corrected chi connectivity index (χ0v) is 30.2. The van der Waals surface area contributed by atoms with Gasteiger partial charge in [0.1, 0.15) is 17.4 Å². The number of alkyl halides is 3. The molecule has 1 amide bonds. The SMILES string of the molecule is Cc1cnccc1-n1cc(-c2ccc(C(=O)NC3(C(=O)O)C4CC5CC(C4)CC3C5)c(C(F)(F)F)n2)c2ccc(OC3CCN(c4ncccn4)CC3)cc21. The van der Waals surface area contributed by atoms with Crippen LogP contribution in [-0.2, 0) is 11.0 Å². The molecule has 11 nitrogen and oxygen atoms in total. The first-order valence-electron chi connectivity index (χ1n) is 18.9. The molecule has 10 rings (SSSR count). The second-order valence-corrected chi connectivity index (χ2v) is 15.6. The number of ether oxygens (including phenoxy) is 1. The van der Waals surface area contributed by atoms with E-state index in [0.717, 1.165) is 49.7 Å². The molecule has 1 saturated heterocycles. The molecule has 5 heterocycles. The molecule has 55 heavy (non-hydrogen) atoms. The fourth-order valence-electron chi connectivity index (χ4n) is 10.0. The highest BCUT2D eigenvalue weighted by atomic mass is 19.4. The molecular formula is C41H40F3N7O4. The highest BCUT2D eigenvalue weighted by Gasteiger charge is 2.62. The monoisotopic (exact) mass is 751 g/mol. The number of benzene rings is 1. The Kier molecular flexibility index (Phi) is 8.54. The van der Waals surface area contributed by atoms with Gasteiger partial charge in [0.2, 0.25) is 5.95 Å². The van der Waals surface area contributed by atoms with Crippen LogP contribution in [0.15, 0.2) is 73.4 Å². The van der Waals surface area contributed by atoms with Crippen molar-refractivity contribution in [1.82, 2.24) is 29.8 Å². The van der Waals surface area contributed by atoms with Crippen molar-refractivity contribution in [2.45, 2.75) is 69.7 Å². The quantitative estimate of drug-likeness (QED) is 0.168. The maximum absolute atomic E-state index is 14.9.